The van der Waals surface area contributed by atoms with Crippen LogP contribution in [0.15, 0.2) is 152 Å². The van der Waals surface area contributed by atoms with Gasteiger partial charge in [-0.3, -0.25) is 19.4 Å². The highest BCUT2D eigenvalue weighted by atomic mass is 15.0. The van der Waals surface area contributed by atoms with Gasteiger partial charge in [0.2, 0.25) is 0 Å². The fourth-order valence-corrected chi connectivity index (χ4v) is 6.49. The second-order valence-electron chi connectivity index (χ2n) is 11.2. The quantitative estimate of drug-likeness (QED) is 0.196. The van der Waals surface area contributed by atoms with Gasteiger partial charge in [0.1, 0.15) is 11.3 Å². The molecule has 0 saturated carbocycles. The first kappa shape index (κ1) is 25.3. The third kappa shape index (κ3) is 4.17. The first-order valence-corrected chi connectivity index (χ1v) is 15.0. The predicted molar refractivity (Wildman–Crippen MR) is 183 cm³/mol. The van der Waals surface area contributed by atoms with Crippen molar-refractivity contribution in [2.24, 2.45) is 0 Å². The normalized spacial score (nSPS) is 11.6. The van der Waals surface area contributed by atoms with Gasteiger partial charge in [-0.15, -0.1) is 0 Å². The molecule has 4 aromatic carbocycles. The van der Waals surface area contributed by atoms with Crippen molar-refractivity contribution in [2.45, 2.75) is 0 Å². The van der Waals surface area contributed by atoms with Gasteiger partial charge in [0.25, 0.3) is 0 Å². The van der Waals surface area contributed by atoms with E-state index < -0.39 is 0 Å². The molecule has 0 spiro atoms. The lowest BCUT2D eigenvalue weighted by Gasteiger charge is -2.14. The van der Waals surface area contributed by atoms with E-state index in [1.165, 1.54) is 32.3 Å². The number of benzene rings is 4. The average Bonchev–Trinajstić information content (AvgIpc) is 3.52. The molecule has 5 aromatic heterocycles. The minimum absolute atomic E-state index is 0.857. The number of fused-ring (bicyclic) bond motifs is 7. The molecular weight excluding hydrogens is 550 g/mol. The van der Waals surface area contributed by atoms with Gasteiger partial charge < -0.3 is 0 Å². The van der Waals surface area contributed by atoms with Crippen LogP contribution in [0.1, 0.15) is 0 Å². The van der Waals surface area contributed by atoms with E-state index in [2.05, 4.69) is 93.4 Å². The van der Waals surface area contributed by atoms with Crippen LogP contribution in [0.5, 0.6) is 0 Å². The molecule has 5 heterocycles. The molecule has 5 nitrogen and oxygen atoms in total. The molecule has 0 radical (unpaired) electrons. The molecule has 9 aromatic rings. The van der Waals surface area contributed by atoms with Crippen molar-refractivity contribution in [1.29, 1.82) is 0 Å². The molecule has 0 aliphatic heterocycles. The van der Waals surface area contributed by atoms with Crippen molar-refractivity contribution in [1.82, 2.24) is 24.3 Å². The minimum Gasteiger partial charge on any atom is -0.299 e. The summed E-state index contributed by atoms with van der Waals surface area (Å²) in [6, 6.07) is 42.5. The lowest BCUT2D eigenvalue weighted by molar-refractivity contribution is 1.19. The standard InChI is InChI=1S/C40H25N5/c1-2-8-31-30(7-1)34-23-27(29-13-16-36(43-25-29)26-17-20-41-21-18-26)11-14-32(34)33-15-12-28(24-35(31)33)40-39(37-9-3-5-19-42-37)44-38-10-4-6-22-45(38)40/h1-25H. The van der Waals surface area contributed by atoms with Gasteiger partial charge >= 0.3 is 0 Å². The Morgan fingerprint density at radius 2 is 1.13 bits per heavy atom. The second kappa shape index (κ2) is 10.2. The maximum absolute atomic E-state index is 5.01. The third-order valence-corrected chi connectivity index (χ3v) is 8.62. The third-order valence-electron chi connectivity index (χ3n) is 8.62. The minimum atomic E-state index is 0.857. The van der Waals surface area contributed by atoms with Gasteiger partial charge in [0.05, 0.1) is 17.1 Å². The van der Waals surface area contributed by atoms with E-state index in [0.29, 0.717) is 0 Å². The summed E-state index contributed by atoms with van der Waals surface area (Å²) in [5.41, 5.74) is 8.99. The SMILES string of the molecule is c1ccc(-c2nc3ccccn3c2-c2ccc3c4ccc(-c5ccc(-c6ccncc6)nc5)cc4c4ccccc4c3c2)nc1. The molecule has 0 saturated heterocycles. The van der Waals surface area contributed by atoms with Crippen LogP contribution in [-0.4, -0.2) is 24.3 Å². The Morgan fingerprint density at radius 1 is 0.444 bits per heavy atom. The molecular formula is C40H25N5. The van der Waals surface area contributed by atoms with Gasteiger partial charge in [-0.05, 0) is 92.5 Å². The monoisotopic (exact) mass is 575 g/mol. The molecule has 0 unspecified atom stereocenters. The van der Waals surface area contributed by atoms with Crippen LogP contribution in [0, 0.1) is 0 Å². The first-order chi connectivity index (χ1) is 22.3. The number of imidazole rings is 1. The number of hydrogen-bond acceptors (Lipinski definition) is 4. The van der Waals surface area contributed by atoms with E-state index in [1.54, 1.807) is 12.4 Å². The van der Waals surface area contributed by atoms with E-state index in [9.17, 15) is 0 Å². The van der Waals surface area contributed by atoms with Crippen LogP contribution in [0.3, 0.4) is 0 Å². The van der Waals surface area contributed by atoms with Crippen LogP contribution >= 0.6 is 0 Å². The van der Waals surface area contributed by atoms with Crippen LogP contribution in [0.2, 0.25) is 0 Å². The van der Waals surface area contributed by atoms with Gasteiger partial charge in [-0.1, -0.05) is 66.7 Å². The van der Waals surface area contributed by atoms with Crippen molar-refractivity contribution < 1.29 is 0 Å². The second-order valence-corrected chi connectivity index (χ2v) is 11.2. The number of pyridine rings is 4. The highest BCUT2D eigenvalue weighted by Crippen LogP contribution is 2.40. The summed E-state index contributed by atoms with van der Waals surface area (Å²) in [7, 11) is 0. The topological polar surface area (TPSA) is 56.0 Å². The summed E-state index contributed by atoms with van der Waals surface area (Å²) in [6.07, 6.45) is 9.45. The van der Waals surface area contributed by atoms with E-state index in [0.717, 1.165) is 50.7 Å². The number of hydrogen-bond donors (Lipinski definition) is 0. The van der Waals surface area contributed by atoms with Crippen LogP contribution < -0.4 is 0 Å². The summed E-state index contributed by atoms with van der Waals surface area (Å²) < 4.78 is 2.16. The Kier molecular flexibility index (Phi) is 5.74. The van der Waals surface area contributed by atoms with E-state index in [-0.39, 0.29) is 0 Å². The molecule has 0 N–H and O–H groups in total. The Bertz CT molecular complexity index is 2500. The van der Waals surface area contributed by atoms with Crippen molar-refractivity contribution in [3.8, 4) is 45.0 Å². The van der Waals surface area contributed by atoms with E-state index in [1.807, 2.05) is 60.9 Å². The molecule has 0 atom stereocenters. The zero-order valence-corrected chi connectivity index (χ0v) is 24.2. The largest absolute Gasteiger partial charge is 0.299 e. The summed E-state index contributed by atoms with van der Waals surface area (Å²) in [6.45, 7) is 0. The zero-order chi connectivity index (χ0) is 29.7. The maximum Gasteiger partial charge on any atom is 0.138 e. The van der Waals surface area contributed by atoms with Crippen molar-refractivity contribution in [2.75, 3.05) is 0 Å². The highest BCUT2D eigenvalue weighted by Gasteiger charge is 2.18. The molecule has 0 fully saturated rings. The summed E-state index contributed by atoms with van der Waals surface area (Å²) >= 11 is 0. The molecule has 45 heavy (non-hydrogen) atoms. The number of rotatable bonds is 4. The Hall–Kier alpha value is -6.20. The predicted octanol–water partition coefficient (Wildman–Crippen LogP) is 9.65. The van der Waals surface area contributed by atoms with Gasteiger partial charge in [-0.25, -0.2) is 4.98 Å². The summed E-state index contributed by atoms with van der Waals surface area (Å²) in [5, 5.41) is 7.33. The summed E-state index contributed by atoms with van der Waals surface area (Å²) in [4.78, 5) is 18.5. The fraction of sp³-hybridized carbons (Fsp3) is 0. The van der Waals surface area contributed by atoms with Crippen molar-refractivity contribution in [3.05, 3.63) is 152 Å². The zero-order valence-electron chi connectivity index (χ0n) is 24.2. The maximum atomic E-state index is 5.01. The lowest BCUT2D eigenvalue weighted by Crippen LogP contribution is -1.92. The molecule has 210 valence electrons. The van der Waals surface area contributed by atoms with Crippen LogP contribution in [0.25, 0.3) is 83.0 Å². The smallest absolute Gasteiger partial charge is 0.138 e. The van der Waals surface area contributed by atoms with Crippen LogP contribution in [-0.2, 0) is 0 Å². The Balaban J connectivity index is 1.23. The first-order valence-electron chi connectivity index (χ1n) is 15.0. The molecule has 0 aliphatic rings. The molecule has 5 heteroatoms. The number of nitrogens with zero attached hydrogens (tertiary/aromatic N) is 5. The highest BCUT2D eigenvalue weighted by molar-refractivity contribution is 6.26. The van der Waals surface area contributed by atoms with Crippen molar-refractivity contribution >= 4 is 38.0 Å². The average molecular weight is 576 g/mol. The van der Waals surface area contributed by atoms with Gasteiger partial charge in [0, 0.05) is 47.7 Å². The van der Waals surface area contributed by atoms with Crippen molar-refractivity contribution in [3.63, 3.8) is 0 Å². The molecule has 0 aliphatic carbocycles. The Labute approximate surface area is 259 Å². The Morgan fingerprint density at radius 3 is 1.87 bits per heavy atom. The summed E-state index contributed by atoms with van der Waals surface area (Å²) in [5.74, 6) is 0. The molecule has 0 amide bonds. The lowest BCUT2D eigenvalue weighted by atomic mass is 9.91. The van der Waals surface area contributed by atoms with Gasteiger partial charge in [0.15, 0.2) is 0 Å². The number of aromatic nitrogens is 5. The van der Waals surface area contributed by atoms with Gasteiger partial charge in [-0.2, -0.15) is 0 Å². The fourth-order valence-electron chi connectivity index (χ4n) is 6.49. The van der Waals surface area contributed by atoms with E-state index >= 15 is 0 Å². The molecule has 0 bridgehead atoms. The molecule has 9 rings (SSSR count). The van der Waals surface area contributed by atoms with Crippen LogP contribution in [0.4, 0.5) is 0 Å². The van der Waals surface area contributed by atoms with E-state index in [4.69, 9.17) is 9.97 Å².